The third-order valence-corrected chi connectivity index (χ3v) is 6.98. The average molecular weight is 572 g/mol. The smallest absolute Gasteiger partial charge is 0.143 e. The number of fused-ring (bicyclic) bond motifs is 7. The molecule has 0 saturated carbocycles. The topological polar surface area (TPSA) is 13.1 Å². The normalized spacial score (nSPS) is 19.9. The van der Waals surface area contributed by atoms with Gasteiger partial charge in [0.2, 0.25) is 0 Å². The van der Waals surface area contributed by atoms with Crippen molar-refractivity contribution in [3.05, 3.63) is 157 Å². The Balaban J connectivity index is 1.49. The number of benzene rings is 8. The van der Waals surface area contributed by atoms with Gasteiger partial charge in [0.05, 0.1) is 34.3 Å². The summed E-state index contributed by atoms with van der Waals surface area (Å²) in [6.45, 7) is 0. The van der Waals surface area contributed by atoms with Crippen LogP contribution in [0.5, 0.6) is 0 Å². The molecule has 9 rings (SSSR count). The fourth-order valence-electron chi connectivity index (χ4n) is 5.13. The lowest BCUT2D eigenvalue weighted by molar-refractivity contribution is 0.672. The summed E-state index contributed by atoms with van der Waals surface area (Å²) < 4.78 is 228. The lowest BCUT2D eigenvalue weighted by Crippen LogP contribution is -1.90. The van der Waals surface area contributed by atoms with Crippen molar-refractivity contribution < 1.29 is 38.7 Å². The van der Waals surface area contributed by atoms with Gasteiger partial charge < -0.3 is 4.42 Å². The first kappa shape index (κ1) is 9.97. The van der Waals surface area contributed by atoms with E-state index in [9.17, 15) is 9.60 Å². The van der Waals surface area contributed by atoms with Crippen LogP contribution in [0, 0.1) is 0 Å². The highest BCUT2D eigenvalue weighted by Crippen LogP contribution is 2.44. The van der Waals surface area contributed by atoms with Gasteiger partial charge in [-0.2, -0.15) is 0 Å². The molecule has 200 valence electrons. The van der Waals surface area contributed by atoms with Crippen molar-refractivity contribution >= 4 is 54.3 Å². The van der Waals surface area contributed by atoms with Gasteiger partial charge in [-0.3, -0.25) is 0 Å². The molecule has 0 amide bonds. The molecule has 0 atom stereocenters. The van der Waals surface area contributed by atoms with E-state index in [1.807, 2.05) is 0 Å². The fraction of sp³-hybridized carbons (Fsp3) is 0. The largest absolute Gasteiger partial charge is 0.455 e. The van der Waals surface area contributed by atoms with Crippen molar-refractivity contribution in [2.75, 3.05) is 0 Å². The Hall–Kier alpha value is -5.66. The Bertz CT molecular complexity index is 3770. The van der Waals surface area contributed by atoms with Crippen LogP contribution < -0.4 is 0 Å². The maximum atomic E-state index is 9.49. The lowest BCUT2D eigenvalue weighted by atomic mass is 9.86. The lowest BCUT2D eigenvalue weighted by Gasteiger charge is -2.18. The molecule has 1 aromatic heterocycles. The van der Waals surface area contributed by atoms with Gasteiger partial charge in [0.1, 0.15) is 11.2 Å². The highest BCUT2D eigenvalue weighted by atomic mass is 16.3. The molecule has 8 aromatic carbocycles. The zero-order valence-corrected chi connectivity index (χ0v) is 21.5. The van der Waals surface area contributed by atoms with E-state index in [0.29, 0.717) is 0 Å². The molecule has 0 aliphatic heterocycles. The molecule has 43 heavy (non-hydrogen) atoms. The van der Waals surface area contributed by atoms with Crippen molar-refractivity contribution in [2.24, 2.45) is 0 Å². The Morgan fingerprint density at radius 1 is 0.372 bits per heavy atom. The summed E-state index contributed by atoms with van der Waals surface area (Å²) in [5.41, 5.74) is -5.16. The molecule has 9 aromatic rings. The van der Waals surface area contributed by atoms with Gasteiger partial charge in [0.25, 0.3) is 0 Å². The van der Waals surface area contributed by atoms with Crippen molar-refractivity contribution in [3.63, 3.8) is 0 Å². The molecule has 0 aliphatic carbocycles. The summed E-state index contributed by atoms with van der Waals surface area (Å²) in [4.78, 5) is 0. The molecule has 0 N–H and O–H groups in total. The predicted octanol–water partition coefficient (Wildman–Crippen LogP) is 12.0. The summed E-state index contributed by atoms with van der Waals surface area (Å²) in [7, 11) is 0. The van der Waals surface area contributed by atoms with Crippen LogP contribution in [-0.4, -0.2) is 0 Å². The van der Waals surface area contributed by atoms with Gasteiger partial charge in [-0.15, -0.1) is 0 Å². The van der Waals surface area contributed by atoms with E-state index in [2.05, 4.69) is 0 Å². The quantitative estimate of drug-likeness (QED) is 0.192. The molecule has 0 unspecified atom stereocenters. The zero-order chi connectivity index (χ0) is 50.1. The summed E-state index contributed by atoms with van der Waals surface area (Å²) >= 11 is 0. The fourth-order valence-corrected chi connectivity index (χ4v) is 5.13. The first-order valence-electron chi connectivity index (χ1n) is 25.2. The van der Waals surface area contributed by atoms with Crippen LogP contribution in [0.2, 0.25) is 0 Å². The van der Waals surface area contributed by atoms with Gasteiger partial charge in [0.15, 0.2) is 0 Å². The summed E-state index contributed by atoms with van der Waals surface area (Å²) in [5, 5.41) is -4.15. The number of hydrogen-bond donors (Lipinski definition) is 0. The molecule has 0 spiro atoms. The van der Waals surface area contributed by atoms with E-state index in [1.54, 1.807) is 0 Å². The SMILES string of the molecule is [2H]c1cc([2H])c([2H])c(-c2c3c([2H])c([2H])c([2H])c([2H])c3c(-c3c([2H])c([2H])c(-c4c([2H])c([2H])c5oc6c7c([2H])c([2H])c([2H])c([2H])c7c([2H])c([2H])c6c5c4[2H])c([2H])c3[2H])c3c([2H])c([2H])c([2H])c([2H])c23)c1[2H]. The zero-order valence-electron chi connectivity index (χ0n) is 46.5. The monoisotopic (exact) mass is 571 g/mol. The second-order valence-corrected chi connectivity index (χ2v) is 9.32. The second-order valence-electron chi connectivity index (χ2n) is 9.32. The maximum Gasteiger partial charge on any atom is 0.143 e. The Morgan fingerprint density at radius 2 is 0.907 bits per heavy atom. The highest BCUT2D eigenvalue weighted by Gasteiger charge is 2.17. The number of furan rings is 1. The van der Waals surface area contributed by atoms with E-state index in [1.165, 1.54) is 0 Å². The van der Waals surface area contributed by atoms with E-state index in [0.717, 1.165) is 6.07 Å². The van der Waals surface area contributed by atoms with Crippen LogP contribution in [0.15, 0.2) is 162 Å². The van der Waals surface area contributed by atoms with Gasteiger partial charge in [-0.05, 0) is 78.4 Å². The highest BCUT2D eigenvalue weighted by molar-refractivity contribution is 6.21. The van der Waals surface area contributed by atoms with Gasteiger partial charge in [-0.1, -0.05) is 139 Å². The minimum Gasteiger partial charge on any atom is -0.455 e. The third kappa shape index (κ3) is 3.72. The van der Waals surface area contributed by atoms with Crippen LogP contribution in [0.4, 0.5) is 0 Å². The van der Waals surface area contributed by atoms with Crippen LogP contribution in [-0.2, 0) is 0 Å². The van der Waals surface area contributed by atoms with Gasteiger partial charge in [0, 0.05) is 16.2 Å². The van der Waals surface area contributed by atoms with Crippen LogP contribution >= 0.6 is 0 Å². The van der Waals surface area contributed by atoms with Crippen LogP contribution in [0.25, 0.3) is 87.6 Å². The third-order valence-electron chi connectivity index (χ3n) is 6.98. The molecular weight excluding hydrogens is 520 g/mol. The van der Waals surface area contributed by atoms with Crippen molar-refractivity contribution in [1.82, 2.24) is 0 Å². The Labute approximate surface area is 284 Å². The van der Waals surface area contributed by atoms with Crippen molar-refractivity contribution in [1.29, 1.82) is 0 Å². The molecule has 0 aliphatic rings. The van der Waals surface area contributed by atoms with Crippen molar-refractivity contribution in [2.45, 2.75) is 0 Å². The molecule has 0 saturated heterocycles. The van der Waals surface area contributed by atoms with E-state index in [4.69, 9.17) is 29.1 Å². The molecule has 1 heterocycles. The van der Waals surface area contributed by atoms with Crippen LogP contribution in [0.3, 0.4) is 0 Å². The maximum absolute atomic E-state index is 9.49. The standard InChI is InChI=1S/C42H26O/c1-2-11-29(12-3-1)40-33-14-6-8-16-35(33)41(36-17-9-7-15-34(36)40)30-20-18-27(19-21-30)31-23-25-39-38(26-31)37-24-22-28-10-4-5-13-32(28)42(37)43-39/h1-26H/i2D,3D,4D,5D,6D,7D,8D,9D,10D,11D,12D,13D,14D,15D,16D,17D,18D,19D,20D,21D,22D,23D,24D,25D,26D. The minimum absolute atomic E-state index is 0.365. The average Bonchev–Trinajstić information content (AvgIpc) is 3.71. The van der Waals surface area contributed by atoms with Crippen molar-refractivity contribution in [3.8, 4) is 33.4 Å². The first-order valence-corrected chi connectivity index (χ1v) is 12.7. The summed E-state index contributed by atoms with van der Waals surface area (Å²) in [6, 6.07) is -20.0. The summed E-state index contributed by atoms with van der Waals surface area (Å²) in [5.74, 6) is 0. The van der Waals surface area contributed by atoms with E-state index >= 15 is 0 Å². The molecule has 1 heteroatoms. The van der Waals surface area contributed by atoms with Crippen LogP contribution in [0.1, 0.15) is 34.3 Å². The van der Waals surface area contributed by atoms with Gasteiger partial charge >= 0.3 is 0 Å². The second kappa shape index (κ2) is 9.44. The molecule has 1 nitrogen and oxygen atoms in total. The molecule has 0 bridgehead atoms. The number of hydrogen-bond acceptors (Lipinski definition) is 1. The molecule has 0 radical (unpaired) electrons. The first-order chi connectivity index (χ1) is 31.7. The van der Waals surface area contributed by atoms with E-state index < -0.39 is 233 Å². The number of rotatable bonds is 3. The van der Waals surface area contributed by atoms with Gasteiger partial charge in [-0.25, -0.2) is 0 Å². The minimum atomic E-state index is -1.04. The molecular formula is C42H26O. The predicted molar refractivity (Wildman–Crippen MR) is 183 cm³/mol. The Morgan fingerprint density at radius 3 is 1.56 bits per heavy atom. The molecule has 0 fully saturated rings. The van der Waals surface area contributed by atoms with E-state index in [-0.39, 0.29) is 5.39 Å². The Kier molecular flexibility index (Phi) is 2.19. The summed E-state index contributed by atoms with van der Waals surface area (Å²) in [6.07, 6.45) is 0.